The Bertz CT molecular complexity index is 441. The van der Waals surface area contributed by atoms with Crippen LogP contribution in [0.5, 0.6) is 0 Å². The average Bonchev–Trinajstić information content (AvgIpc) is 2.35. The number of aryl methyl sites for hydroxylation is 1. The first-order chi connectivity index (χ1) is 9.07. The quantitative estimate of drug-likeness (QED) is 0.851. The van der Waals surface area contributed by atoms with Crippen molar-refractivity contribution >= 4 is 5.69 Å². The zero-order valence-electron chi connectivity index (χ0n) is 14.6. The molecule has 1 aromatic carbocycles. The van der Waals surface area contributed by atoms with Crippen LogP contribution in [-0.2, 0) is 6.54 Å². The minimum Gasteiger partial charge on any atom is -0.369 e. The Hall–Kier alpha value is -1.02. The first kappa shape index (κ1) is 17.0. The summed E-state index contributed by atoms with van der Waals surface area (Å²) in [5.74, 6) is 0. The smallest absolute Gasteiger partial charge is 0.0413 e. The predicted molar refractivity (Wildman–Crippen MR) is 90.5 cm³/mol. The van der Waals surface area contributed by atoms with Crippen LogP contribution in [0.4, 0.5) is 5.69 Å². The molecule has 0 fully saturated rings. The summed E-state index contributed by atoms with van der Waals surface area (Å²) in [7, 11) is 2.20. The van der Waals surface area contributed by atoms with Crippen molar-refractivity contribution in [2.24, 2.45) is 0 Å². The Kier molecular flexibility index (Phi) is 5.26. The van der Waals surface area contributed by atoms with Crippen LogP contribution >= 0.6 is 0 Å². The number of hydrogen-bond donors (Lipinski definition) is 1. The summed E-state index contributed by atoms with van der Waals surface area (Å²) in [5, 5.41) is 3.60. The second-order valence-electron chi connectivity index (χ2n) is 7.46. The predicted octanol–water partition coefficient (Wildman–Crippen LogP) is 4.51. The zero-order chi connectivity index (χ0) is 15.6. The van der Waals surface area contributed by atoms with E-state index in [4.69, 9.17) is 0 Å². The maximum absolute atomic E-state index is 3.60. The van der Waals surface area contributed by atoms with Crippen molar-refractivity contribution in [2.45, 2.75) is 72.5 Å². The third-order valence-corrected chi connectivity index (χ3v) is 4.18. The second-order valence-corrected chi connectivity index (χ2v) is 7.46. The molecule has 0 unspecified atom stereocenters. The van der Waals surface area contributed by atoms with Gasteiger partial charge in [-0.1, -0.05) is 24.6 Å². The lowest BCUT2D eigenvalue weighted by Crippen LogP contribution is -2.42. The lowest BCUT2D eigenvalue weighted by atomic mass is 9.97. The highest BCUT2D eigenvalue weighted by molar-refractivity contribution is 5.56. The lowest BCUT2D eigenvalue weighted by molar-refractivity contribution is 0.422. The van der Waals surface area contributed by atoms with E-state index in [1.54, 1.807) is 0 Å². The molecule has 1 rings (SSSR count). The number of nitrogens with one attached hydrogen (secondary N) is 1. The van der Waals surface area contributed by atoms with Crippen molar-refractivity contribution in [1.29, 1.82) is 0 Å². The molecule has 20 heavy (non-hydrogen) atoms. The van der Waals surface area contributed by atoms with Crippen LogP contribution in [0.1, 0.15) is 59.1 Å². The Labute approximate surface area is 125 Å². The minimum atomic E-state index is 0.139. The van der Waals surface area contributed by atoms with Gasteiger partial charge in [0.2, 0.25) is 0 Å². The van der Waals surface area contributed by atoms with Crippen LogP contribution in [0.15, 0.2) is 18.2 Å². The third kappa shape index (κ3) is 4.52. The van der Waals surface area contributed by atoms with Gasteiger partial charge in [0.25, 0.3) is 0 Å². The highest BCUT2D eigenvalue weighted by Gasteiger charge is 2.23. The maximum Gasteiger partial charge on any atom is 0.0413 e. The van der Waals surface area contributed by atoms with Gasteiger partial charge in [0.05, 0.1) is 0 Å². The van der Waals surface area contributed by atoms with E-state index in [0.717, 1.165) is 13.0 Å². The molecule has 0 aliphatic carbocycles. The molecule has 114 valence electrons. The molecule has 1 N–H and O–H groups in total. The zero-order valence-corrected chi connectivity index (χ0v) is 14.6. The Morgan fingerprint density at radius 1 is 1.10 bits per heavy atom. The molecule has 0 bridgehead atoms. The molecule has 0 radical (unpaired) electrons. The fourth-order valence-corrected chi connectivity index (χ4v) is 2.11. The van der Waals surface area contributed by atoms with Gasteiger partial charge in [0, 0.05) is 30.4 Å². The van der Waals surface area contributed by atoms with Crippen LogP contribution in [-0.4, -0.2) is 18.1 Å². The number of hydrogen-bond acceptors (Lipinski definition) is 2. The van der Waals surface area contributed by atoms with E-state index >= 15 is 0 Å². The number of rotatable bonds is 5. The molecule has 0 aromatic heterocycles. The molecule has 0 spiro atoms. The summed E-state index contributed by atoms with van der Waals surface area (Å²) >= 11 is 0. The Morgan fingerprint density at radius 3 is 2.20 bits per heavy atom. The van der Waals surface area contributed by atoms with E-state index in [0.29, 0.717) is 0 Å². The van der Waals surface area contributed by atoms with Gasteiger partial charge >= 0.3 is 0 Å². The van der Waals surface area contributed by atoms with Crippen molar-refractivity contribution in [3.8, 4) is 0 Å². The fourth-order valence-electron chi connectivity index (χ4n) is 2.11. The first-order valence-corrected chi connectivity index (χ1v) is 7.65. The SMILES string of the molecule is CCC(C)(C)N(C)c1ccc(C)cc1CNC(C)(C)C. The summed E-state index contributed by atoms with van der Waals surface area (Å²) in [6, 6.07) is 6.76. The number of anilines is 1. The molecule has 2 heteroatoms. The van der Waals surface area contributed by atoms with E-state index in [-0.39, 0.29) is 11.1 Å². The standard InChI is InChI=1S/C18H32N2/c1-9-18(6,7)20(8)16-11-10-14(2)12-15(16)13-19-17(3,4)5/h10-12,19H,9,13H2,1-8H3. The molecule has 0 saturated heterocycles. The van der Waals surface area contributed by atoms with E-state index < -0.39 is 0 Å². The van der Waals surface area contributed by atoms with Crippen LogP contribution in [0, 0.1) is 6.92 Å². The van der Waals surface area contributed by atoms with E-state index in [2.05, 4.69) is 83.9 Å². The number of benzene rings is 1. The normalized spacial score (nSPS) is 12.6. The van der Waals surface area contributed by atoms with Crippen LogP contribution in [0.25, 0.3) is 0 Å². The van der Waals surface area contributed by atoms with Gasteiger partial charge in [0.15, 0.2) is 0 Å². The lowest BCUT2D eigenvalue weighted by Gasteiger charge is -2.38. The Balaban J connectivity index is 3.07. The maximum atomic E-state index is 3.60. The van der Waals surface area contributed by atoms with Gasteiger partial charge in [-0.15, -0.1) is 0 Å². The van der Waals surface area contributed by atoms with E-state index in [1.165, 1.54) is 16.8 Å². The van der Waals surface area contributed by atoms with E-state index in [9.17, 15) is 0 Å². The van der Waals surface area contributed by atoms with Crippen molar-refractivity contribution in [3.63, 3.8) is 0 Å². The molecule has 0 atom stereocenters. The highest BCUT2D eigenvalue weighted by atomic mass is 15.2. The van der Waals surface area contributed by atoms with Crippen molar-refractivity contribution < 1.29 is 0 Å². The van der Waals surface area contributed by atoms with Gasteiger partial charge in [-0.3, -0.25) is 0 Å². The largest absolute Gasteiger partial charge is 0.369 e. The van der Waals surface area contributed by atoms with Gasteiger partial charge in [-0.2, -0.15) is 0 Å². The van der Waals surface area contributed by atoms with Crippen molar-refractivity contribution in [1.82, 2.24) is 5.32 Å². The molecule has 2 nitrogen and oxygen atoms in total. The molecule has 0 aliphatic rings. The molecular formula is C18H32N2. The highest BCUT2D eigenvalue weighted by Crippen LogP contribution is 2.29. The number of nitrogens with zero attached hydrogens (tertiary/aromatic N) is 1. The first-order valence-electron chi connectivity index (χ1n) is 7.65. The third-order valence-electron chi connectivity index (χ3n) is 4.18. The molecule has 0 saturated carbocycles. The van der Waals surface area contributed by atoms with Crippen LogP contribution in [0.2, 0.25) is 0 Å². The molecule has 1 aromatic rings. The second kappa shape index (κ2) is 6.17. The molecule has 0 amide bonds. The summed E-state index contributed by atoms with van der Waals surface area (Å²) in [5.41, 5.74) is 4.34. The van der Waals surface area contributed by atoms with Crippen LogP contribution < -0.4 is 10.2 Å². The topological polar surface area (TPSA) is 15.3 Å². The summed E-state index contributed by atoms with van der Waals surface area (Å²) in [4.78, 5) is 2.41. The van der Waals surface area contributed by atoms with Gasteiger partial charge in [-0.25, -0.2) is 0 Å². The summed E-state index contributed by atoms with van der Waals surface area (Å²) in [6.45, 7) is 16.5. The summed E-state index contributed by atoms with van der Waals surface area (Å²) < 4.78 is 0. The van der Waals surface area contributed by atoms with Gasteiger partial charge in [-0.05, 0) is 59.6 Å². The monoisotopic (exact) mass is 276 g/mol. The van der Waals surface area contributed by atoms with Crippen molar-refractivity contribution in [2.75, 3.05) is 11.9 Å². The summed E-state index contributed by atoms with van der Waals surface area (Å²) in [6.07, 6.45) is 1.13. The van der Waals surface area contributed by atoms with Crippen molar-refractivity contribution in [3.05, 3.63) is 29.3 Å². The van der Waals surface area contributed by atoms with Crippen LogP contribution in [0.3, 0.4) is 0 Å². The fraction of sp³-hybridized carbons (Fsp3) is 0.667. The van der Waals surface area contributed by atoms with Gasteiger partial charge in [0.1, 0.15) is 0 Å². The Morgan fingerprint density at radius 2 is 1.70 bits per heavy atom. The molecule has 0 aliphatic heterocycles. The van der Waals surface area contributed by atoms with E-state index in [1.807, 2.05) is 0 Å². The average molecular weight is 276 g/mol. The molecular weight excluding hydrogens is 244 g/mol. The molecule has 0 heterocycles. The van der Waals surface area contributed by atoms with Gasteiger partial charge < -0.3 is 10.2 Å². The minimum absolute atomic E-state index is 0.139.